The molecule has 1 N–H and O–H groups in total. The minimum atomic E-state index is -0.380. The van der Waals surface area contributed by atoms with Gasteiger partial charge in [-0.2, -0.15) is 0 Å². The summed E-state index contributed by atoms with van der Waals surface area (Å²) in [6.07, 6.45) is 0. The van der Waals surface area contributed by atoms with Gasteiger partial charge in [-0.3, -0.25) is 15.0 Å². The Labute approximate surface area is 108 Å². The molecule has 1 aromatic carbocycles. The minimum Gasteiger partial charge on any atom is -0.395 e. The summed E-state index contributed by atoms with van der Waals surface area (Å²) in [4.78, 5) is 12.5. The quantitative estimate of drug-likeness (QED) is 0.646. The number of rotatable bonds is 6. The molecule has 0 saturated heterocycles. The van der Waals surface area contributed by atoms with Gasteiger partial charge in [-0.1, -0.05) is 22.9 Å². The van der Waals surface area contributed by atoms with Crippen molar-refractivity contribution in [3.05, 3.63) is 38.3 Å². The van der Waals surface area contributed by atoms with Crippen LogP contribution in [-0.2, 0) is 6.54 Å². The summed E-state index contributed by atoms with van der Waals surface area (Å²) < 4.78 is 0.818. The molecule has 6 heteroatoms. The van der Waals surface area contributed by atoms with E-state index in [0.717, 1.165) is 11.0 Å². The number of nitro benzene ring substituents is 1. The molecule has 0 amide bonds. The zero-order chi connectivity index (χ0) is 12.8. The van der Waals surface area contributed by atoms with Crippen molar-refractivity contribution in [2.75, 3.05) is 19.7 Å². The van der Waals surface area contributed by atoms with Gasteiger partial charge in [0.25, 0.3) is 5.69 Å². The van der Waals surface area contributed by atoms with Crippen LogP contribution in [0.15, 0.2) is 22.7 Å². The third-order valence-corrected chi connectivity index (χ3v) is 2.99. The Balaban J connectivity index is 2.94. The van der Waals surface area contributed by atoms with E-state index in [1.54, 1.807) is 12.1 Å². The molecule has 0 spiro atoms. The van der Waals surface area contributed by atoms with E-state index in [1.165, 1.54) is 6.07 Å². The molecule has 0 heterocycles. The van der Waals surface area contributed by atoms with Gasteiger partial charge < -0.3 is 5.11 Å². The summed E-state index contributed by atoms with van der Waals surface area (Å²) in [5, 5.41) is 19.8. The normalized spacial score (nSPS) is 10.8. The first-order valence-corrected chi connectivity index (χ1v) is 6.13. The van der Waals surface area contributed by atoms with E-state index in [9.17, 15) is 10.1 Å². The average molecular weight is 303 g/mol. The number of benzene rings is 1. The van der Waals surface area contributed by atoms with E-state index >= 15 is 0 Å². The second kappa shape index (κ2) is 6.68. The lowest BCUT2D eigenvalue weighted by Gasteiger charge is -2.19. The molecule has 1 aromatic rings. The molecule has 1 rings (SSSR count). The SMILES string of the molecule is CCN(CCO)Cc1cc(Br)ccc1[N+](=O)[O-]. The van der Waals surface area contributed by atoms with Crippen LogP contribution in [0.1, 0.15) is 12.5 Å². The zero-order valence-corrected chi connectivity index (χ0v) is 11.2. The third kappa shape index (κ3) is 4.07. The summed E-state index contributed by atoms with van der Waals surface area (Å²) in [7, 11) is 0. The van der Waals surface area contributed by atoms with E-state index < -0.39 is 0 Å². The lowest BCUT2D eigenvalue weighted by atomic mass is 10.1. The number of aliphatic hydroxyl groups is 1. The maximum Gasteiger partial charge on any atom is 0.273 e. The van der Waals surface area contributed by atoms with Crippen LogP contribution in [0.3, 0.4) is 0 Å². The highest BCUT2D eigenvalue weighted by Gasteiger charge is 2.15. The highest BCUT2D eigenvalue weighted by Crippen LogP contribution is 2.24. The van der Waals surface area contributed by atoms with E-state index in [4.69, 9.17) is 5.11 Å². The van der Waals surface area contributed by atoms with Crippen molar-refractivity contribution in [2.45, 2.75) is 13.5 Å². The van der Waals surface area contributed by atoms with Crippen LogP contribution < -0.4 is 0 Å². The van der Waals surface area contributed by atoms with Crippen molar-refractivity contribution in [3.63, 3.8) is 0 Å². The van der Waals surface area contributed by atoms with Crippen LogP contribution in [0.25, 0.3) is 0 Å². The predicted octanol–water partition coefficient (Wildman–Crippen LogP) is 2.17. The summed E-state index contributed by atoms with van der Waals surface area (Å²) in [5.74, 6) is 0. The molecule has 5 nitrogen and oxygen atoms in total. The first-order valence-electron chi connectivity index (χ1n) is 5.34. The van der Waals surface area contributed by atoms with Crippen LogP contribution in [0.2, 0.25) is 0 Å². The fraction of sp³-hybridized carbons (Fsp3) is 0.455. The average Bonchev–Trinajstić information content (AvgIpc) is 2.28. The van der Waals surface area contributed by atoms with Gasteiger partial charge in [0.1, 0.15) is 0 Å². The Morgan fingerprint density at radius 2 is 2.24 bits per heavy atom. The number of aliphatic hydroxyl groups excluding tert-OH is 1. The van der Waals surface area contributed by atoms with Gasteiger partial charge in [0.2, 0.25) is 0 Å². The number of hydrogen-bond acceptors (Lipinski definition) is 4. The molecule has 0 aliphatic heterocycles. The molecule has 94 valence electrons. The standard InChI is InChI=1S/C11H15BrN2O3/c1-2-13(5-6-15)8-9-7-10(12)3-4-11(9)14(16)17/h3-4,7,15H,2,5-6,8H2,1H3. The topological polar surface area (TPSA) is 66.6 Å². The Kier molecular flexibility index (Phi) is 5.54. The summed E-state index contributed by atoms with van der Waals surface area (Å²) in [6, 6.07) is 4.90. The van der Waals surface area contributed by atoms with Gasteiger partial charge in [0.05, 0.1) is 11.5 Å². The van der Waals surface area contributed by atoms with Gasteiger partial charge in [-0.15, -0.1) is 0 Å². The number of nitrogens with zero attached hydrogens (tertiary/aromatic N) is 2. The van der Waals surface area contributed by atoms with Crippen LogP contribution in [0.4, 0.5) is 5.69 Å². The van der Waals surface area contributed by atoms with E-state index in [1.807, 2.05) is 11.8 Å². The van der Waals surface area contributed by atoms with Crippen LogP contribution in [-0.4, -0.2) is 34.6 Å². The van der Waals surface area contributed by atoms with Crippen molar-refractivity contribution in [1.29, 1.82) is 0 Å². The fourth-order valence-electron chi connectivity index (χ4n) is 1.59. The van der Waals surface area contributed by atoms with Crippen LogP contribution in [0.5, 0.6) is 0 Å². The van der Waals surface area contributed by atoms with Gasteiger partial charge in [0.15, 0.2) is 0 Å². The van der Waals surface area contributed by atoms with Gasteiger partial charge in [-0.05, 0) is 18.7 Å². The Hall–Kier alpha value is -0.980. The van der Waals surface area contributed by atoms with Gasteiger partial charge in [-0.25, -0.2) is 0 Å². The lowest BCUT2D eigenvalue weighted by molar-refractivity contribution is -0.385. The van der Waals surface area contributed by atoms with Crippen molar-refractivity contribution >= 4 is 21.6 Å². The highest BCUT2D eigenvalue weighted by molar-refractivity contribution is 9.10. The van der Waals surface area contributed by atoms with Gasteiger partial charge in [0, 0.05) is 29.2 Å². The number of halogens is 1. The number of hydrogen-bond donors (Lipinski definition) is 1. The number of nitro groups is 1. The van der Waals surface area contributed by atoms with Crippen molar-refractivity contribution < 1.29 is 10.0 Å². The van der Waals surface area contributed by atoms with E-state index in [2.05, 4.69) is 15.9 Å². The molecule has 0 fully saturated rings. The van der Waals surface area contributed by atoms with E-state index in [-0.39, 0.29) is 17.2 Å². The van der Waals surface area contributed by atoms with Crippen molar-refractivity contribution in [3.8, 4) is 0 Å². The molecule has 0 radical (unpaired) electrons. The molecular formula is C11H15BrN2O3. The van der Waals surface area contributed by atoms with Crippen molar-refractivity contribution in [2.24, 2.45) is 0 Å². The first-order chi connectivity index (χ1) is 8.08. The van der Waals surface area contributed by atoms with Crippen LogP contribution >= 0.6 is 15.9 Å². The highest BCUT2D eigenvalue weighted by atomic mass is 79.9. The van der Waals surface area contributed by atoms with Crippen molar-refractivity contribution in [1.82, 2.24) is 4.90 Å². The largest absolute Gasteiger partial charge is 0.395 e. The lowest BCUT2D eigenvalue weighted by Crippen LogP contribution is -2.26. The number of likely N-dealkylation sites (N-methyl/N-ethyl adjacent to an activating group) is 1. The zero-order valence-electron chi connectivity index (χ0n) is 9.60. The first kappa shape index (κ1) is 14.1. The fourth-order valence-corrected chi connectivity index (χ4v) is 2.00. The third-order valence-electron chi connectivity index (χ3n) is 2.50. The smallest absolute Gasteiger partial charge is 0.273 e. The Morgan fingerprint density at radius 3 is 2.76 bits per heavy atom. The predicted molar refractivity (Wildman–Crippen MR) is 68.8 cm³/mol. The second-order valence-electron chi connectivity index (χ2n) is 3.62. The molecule has 0 saturated carbocycles. The monoisotopic (exact) mass is 302 g/mol. The molecule has 0 aromatic heterocycles. The molecular weight excluding hydrogens is 288 g/mol. The molecule has 0 bridgehead atoms. The van der Waals surface area contributed by atoms with E-state index in [0.29, 0.717) is 18.7 Å². The van der Waals surface area contributed by atoms with Gasteiger partial charge >= 0.3 is 0 Å². The minimum absolute atomic E-state index is 0.0512. The molecule has 17 heavy (non-hydrogen) atoms. The second-order valence-corrected chi connectivity index (χ2v) is 4.54. The molecule has 0 unspecified atom stereocenters. The summed E-state index contributed by atoms with van der Waals surface area (Å²) >= 11 is 3.31. The Morgan fingerprint density at radius 1 is 1.53 bits per heavy atom. The summed E-state index contributed by atoms with van der Waals surface area (Å²) in [6.45, 7) is 3.73. The van der Waals surface area contributed by atoms with Crippen LogP contribution in [0, 0.1) is 10.1 Å². The molecule has 0 atom stereocenters. The maximum absolute atomic E-state index is 10.9. The maximum atomic E-state index is 10.9. The molecule has 0 aliphatic carbocycles. The molecule has 0 aliphatic rings. The summed E-state index contributed by atoms with van der Waals surface area (Å²) in [5.41, 5.74) is 0.768. The Bertz CT molecular complexity index is 398.